The maximum absolute atomic E-state index is 13.2. The molecule has 0 amide bonds. The van der Waals surface area contributed by atoms with Crippen molar-refractivity contribution in [3.63, 3.8) is 0 Å². The van der Waals surface area contributed by atoms with Gasteiger partial charge in [0.1, 0.15) is 11.6 Å². The third-order valence-electron chi connectivity index (χ3n) is 6.57. The smallest absolute Gasteiger partial charge is 0.191 e. The fourth-order valence-electron chi connectivity index (χ4n) is 4.55. The fraction of sp³-hybridized carbons (Fsp3) is 0.480. The van der Waals surface area contributed by atoms with Gasteiger partial charge in [0.2, 0.25) is 0 Å². The Labute approximate surface area is 213 Å². The van der Waals surface area contributed by atoms with Gasteiger partial charge in [-0.1, -0.05) is 12.1 Å². The summed E-state index contributed by atoms with van der Waals surface area (Å²) in [6.45, 7) is 8.03. The van der Waals surface area contributed by atoms with Crippen LogP contribution in [0.25, 0.3) is 0 Å². The largest absolute Gasteiger partial charge is 0.494 e. The minimum atomic E-state index is -0.210. The Morgan fingerprint density at radius 1 is 1.03 bits per heavy atom. The molecular formula is C25H34FIN4O2. The van der Waals surface area contributed by atoms with Crippen LogP contribution in [0.1, 0.15) is 25.3 Å². The van der Waals surface area contributed by atoms with Crippen molar-refractivity contribution in [2.24, 2.45) is 10.7 Å². The summed E-state index contributed by atoms with van der Waals surface area (Å²) in [7, 11) is 0. The van der Waals surface area contributed by atoms with E-state index in [2.05, 4.69) is 21.9 Å². The third kappa shape index (κ3) is 6.29. The molecule has 2 aromatic carbocycles. The maximum atomic E-state index is 13.2. The molecule has 2 saturated heterocycles. The van der Waals surface area contributed by atoms with Crippen molar-refractivity contribution in [2.45, 2.75) is 25.2 Å². The van der Waals surface area contributed by atoms with Gasteiger partial charge in [0, 0.05) is 50.5 Å². The van der Waals surface area contributed by atoms with E-state index >= 15 is 0 Å². The van der Waals surface area contributed by atoms with Gasteiger partial charge in [-0.2, -0.15) is 0 Å². The van der Waals surface area contributed by atoms with Gasteiger partial charge >= 0.3 is 0 Å². The predicted molar refractivity (Wildman–Crippen MR) is 141 cm³/mol. The van der Waals surface area contributed by atoms with Gasteiger partial charge in [-0.05, 0) is 61.7 Å². The van der Waals surface area contributed by atoms with Crippen LogP contribution in [-0.2, 0) is 10.2 Å². The molecule has 0 unspecified atom stereocenters. The van der Waals surface area contributed by atoms with Crippen molar-refractivity contribution in [1.82, 2.24) is 4.90 Å². The van der Waals surface area contributed by atoms with E-state index < -0.39 is 0 Å². The lowest BCUT2D eigenvalue weighted by molar-refractivity contribution is 0.0530. The summed E-state index contributed by atoms with van der Waals surface area (Å²) in [4.78, 5) is 9.25. The molecule has 2 fully saturated rings. The zero-order valence-corrected chi connectivity index (χ0v) is 21.5. The second-order valence-corrected chi connectivity index (χ2v) is 8.48. The Balaban J connectivity index is 0.00000306. The van der Waals surface area contributed by atoms with E-state index in [9.17, 15) is 4.39 Å². The second-order valence-electron chi connectivity index (χ2n) is 8.48. The topological polar surface area (TPSA) is 63.3 Å². The molecule has 6 nitrogen and oxygen atoms in total. The van der Waals surface area contributed by atoms with Crippen molar-refractivity contribution >= 4 is 35.6 Å². The molecule has 4 rings (SSSR count). The Bertz CT molecular complexity index is 894. The number of hydrogen-bond donors (Lipinski definition) is 1. The van der Waals surface area contributed by atoms with Crippen molar-refractivity contribution in [1.29, 1.82) is 0 Å². The summed E-state index contributed by atoms with van der Waals surface area (Å²) < 4.78 is 24.4. The minimum absolute atomic E-state index is 0. The van der Waals surface area contributed by atoms with Crippen LogP contribution in [0, 0.1) is 5.82 Å². The van der Waals surface area contributed by atoms with Gasteiger partial charge in [-0.25, -0.2) is 4.39 Å². The maximum Gasteiger partial charge on any atom is 0.191 e. The van der Waals surface area contributed by atoms with E-state index in [4.69, 9.17) is 20.2 Å². The lowest BCUT2D eigenvalue weighted by Crippen LogP contribution is -2.51. The summed E-state index contributed by atoms with van der Waals surface area (Å²) in [6, 6.07) is 15.1. The number of anilines is 1. The zero-order valence-electron chi connectivity index (χ0n) is 19.2. The molecule has 180 valence electrons. The number of hydrogen-bond acceptors (Lipinski definition) is 4. The van der Waals surface area contributed by atoms with Crippen LogP contribution in [0.15, 0.2) is 53.5 Å². The molecule has 8 heteroatoms. The average Bonchev–Trinajstić information content (AvgIpc) is 2.84. The van der Waals surface area contributed by atoms with Crippen LogP contribution < -0.4 is 15.4 Å². The molecule has 0 radical (unpaired) electrons. The molecule has 2 aliphatic rings. The van der Waals surface area contributed by atoms with E-state index in [1.165, 1.54) is 17.7 Å². The first-order valence-electron chi connectivity index (χ1n) is 11.5. The standard InChI is InChI=1S/C25H33FN4O2.HI/c1-2-32-23-9-3-20(4-10-23)25(11-17-31-18-12-25)19-28-24(27)30-15-13-29(14-16-30)22-7-5-21(26)6-8-22;/h3-10H,2,11-19H2,1H3,(H2,27,28);1H. The Kier molecular flexibility index (Phi) is 9.19. The van der Waals surface area contributed by atoms with Gasteiger partial charge in [-0.3, -0.25) is 4.99 Å². The molecule has 0 aromatic heterocycles. The lowest BCUT2D eigenvalue weighted by Gasteiger charge is -2.38. The predicted octanol–water partition coefficient (Wildman–Crippen LogP) is 4.03. The summed E-state index contributed by atoms with van der Waals surface area (Å²) in [6.07, 6.45) is 1.85. The Morgan fingerprint density at radius 3 is 2.27 bits per heavy atom. The molecule has 2 N–H and O–H groups in total. The quantitative estimate of drug-likeness (QED) is 0.324. The zero-order chi connectivity index (χ0) is 22.4. The first-order chi connectivity index (χ1) is 15.6. The average molecular weight is 568 g/mol. The first kappa shape index (κ1) is 25.6. The fourth-order valence-corrected chi connectivity index (χ4v) is 4.55. The van der Waals surface area contributed by atoms with Crippen LogP contribution in [0.3, 0.4) is 0 Å². The molecule has 0 atom stereocenters. The number of halogens is 2. The molecule has 0 saturated carbocycles. The molecule has 0 spiro atoms. The molecule has 2 aliphatic heterocycles. The highest BCUT2D eigenvalue weighted by atomic mass is 127. The highest BCUT2D eigenvalue weighted by Crippen LogP contribution is 2.36. The van der Waals surface area contributed by atoms with Gasteiger partial charge in [0.05, 0.1) is 13.2 Å². The van der Waals surface area contributed by atoms with Crippen molar-refractivity contribution in [2.75, 3.05) is 57.4 Å². The number of aliphatic imine (C=N–C) groups is 1. The number of guanidine groups is 1. The van der Waals surface area contributed by atoms with Crippen LogP contribution in [0.4, 0.5) is 10.1 Å². The van der Waals surface area contributed by atoms with E-state index in [0.717, 1.165) is 63.7 Å². The SMILES string of the molecule is CCOc1ccc(C2(CN=C(N)N3CCN(c4ccc(F)cc4)CC3)CCOCC2)cc1.I. The summed E-state index contributed by atoms with van der Waals surface area (Å²) in [5, 5.41) is 0. The highest BCUT2D eigenvalue weighted by molar-refractivity contribution is 14.0. The number of rotatable bonds is 6. The molecule has 2 aromatic rings. The summed E-state index contributed by atoms with van der Waals surface area (Å²) >= 11 is 0. The summed E-state index contributed by atoms with van der Waals surface area (Å²) in [5.74, 6) is 1.28. The van der Waals surface area contributed by atoms with Gasteiger partial charge in [0.25, 0.3) is 0 Å². The van der Waals surface area contributed by atoms with Gasteiger partial charge in [0.15, 0.2) is 5.96 Å². The first-order valence-corrected chi connectivity index (χ1v) is 11.5. The number of nitrogens with two attached hydrogens (primary N) is 1. The molecule has 0 aliphatic carbocycles. The summed E-state index contributed by atoms with van der Waals surface area (Å²) in [5.41, 5.74) is 8.67. The highest BCUT2D eigenvalue weighted by Gasteiger charge is 2.34. The van der Waals surface area contributed by atoms with E-state index in [0.29, 0.717) is 19.1 Å². The monoisotopic (exact) mass is 568 g/mol. The minimum Gasteiger partial charge on any atom is -0.494 e. The van der Waals surface area contributed by atoms with E-state index in [1.807, 2.05) is 31.2 Å². The van der Waals surface area contributed by atoms with Crippen LogP contribution in [-0.4, -0.2) is 63.4 Å². The van der Waals surface area contributed by atoms with Crippen LogP contribution >= 0.6 is 24.0 Å². The van der Waals surface area contributed by atoms with E-state index in [1.54, 1.807) is 0 Å². The number of ether oxygens (including phenoxy) is 2. The van der Waals surface area contributed by atoms with E-state index in [-0.39, 0.29) is 35.2 Å². The number of benzene rings is 2. The van der Waals surface area contributed by atoms with Crippen LogP contribution in [0.2, 0.25) is 0 Å². The Hall–Kier alpha value is -2.07. The number of piperazine rings is 1. The van der Waals surface area contributed by atoms with Gasteiger partial charge < -0.3 is 25.0 Å². The van der Waals surface area contributed by atoms with Crippen LogP contribution in [0.5, 0.6) is 5.75 Å². The normalized spacial score (nSPS) is 18.5. The second kappa shape index (κ2) is 11.9. The van der Waals surface area contributed by atoms with Crippen molar-refractivity contribution in [3.05, 3.63) is 59.9 Å². The van der Waals surface area contributed by atoms with Gasteiger partial charge in [-0.15, -0.1) is 24.0 Å². The lowest BCUT2D eigenvalue weighted by atomic mass is 9.74. The van der Waals surface area contributed by atoms with Crippen molar-refractivity contribution in [3.8, 4) is 5.75 Å². The molecule has 2 heterocycles. The molecule has 0 bridgehead atoms. The molecular weight excluding hydrogens is 534 g/mol. The van der Waals surface area contributed by atoms with Crippen molar-refractivity contribution < 1.29 is 13.9 Å². The molecule has 33 heavy (non-hydrogen) atoms. The number of nitrogens with zero attached hydrogens (tertiary/aromatic N) is 3. The third-order valence-corrected chi connectivity index (χ3v) is 6.57. The Morgan fingerprint density at radius 2 is 1.67 bits per heavy atom.